The van der Waals surface area contributed by atoms with Gasteiger partial charge in [0.25, 0.3) is 11.7 Å². The second kappa shape index (κ2) is 8.16. The largest absolute Gasteiger partial charge is 0.507 e. The lowest BCUT2D eigenvalue weighted by molar-refractivity contribution is -0.132. The molecule has 0 saturated carbocycles. The van der Waals surface area contributed by atoms with Crippen LogP contribution in [0.2, 0.25) is 0 Å². The molecule has 31 heavy (non-hydrogen) atoms. The third-order valence-corrected chi connectivity index (χ3v) is 6.44. The second-order valence-electron chi connectivity index (χ2n) is 7.88. The van der Waals surface area contributed by atoms with Crippen LogP contribution in [0.4, 0.5) is 5.69 Å². The number of ketones is 1. The van der Waals surface area contributed by atoms with Crippen LogP contribution in [-0.2, 0) is 9.59 Å². The molecule has 0 spiro atoms. The normalized spacial score (nSPS) is 17.9. The van der Waals surface area contributed by atoms with Crippen molar-refractivity contribution in [1.29, 1.82) is 0 Å². The van der Waals surface area contributed by atoms with E-state index >= 15 is 0 Å². The van der Waals surface area contributed by atoms with Gasteiger partial charge in [-0.1, -0.05) is 69.5 Å². The fraction of sp³-hybridized carbons (Fsp3) is 0.154. The summed E-state index contributed by atoms with van der Waals surface area (Å²) in [6, 6.07) is 19.8. The number of hydrogen-bond acceptors (Lipinski definition) is 3. The summed E-state index contributed by atoms with van der Waals surface area (Å²) in [4.78, 5) is 27.8. The van der Waals surface area contributed by atoms with Gasteiger partial charge in [0.15, 0.2) is 0 Å². The lowest BCUT2D eigenvalue weighted by Crippen LogP contribution is -2.29. The quantitative estimate of drug-likeness (QED) is 0.287. The maximum Gasteiger partial charge on any atom is 0.300 e. The van der Waals surface area contributed by atoms with Crippen LogP contribution in [0.5, 0.6) is 0 Å². The fourth-order valence-corrected chi connectivity index (χ4v) is 4.15. The second-order valence-corrected chi connectivity index (χ2v) is 8.74. The van der Waals surface area contributed by atoms with E-state index in [9.17, 15) is 14.7 Å². The van der Waals surface area contributed by atoms with Gasteiger partial charge in [-0.15, -0.1) is 0 Å². The van der Waals surface area contributed by atoms with Gasteiger partial charge >= 0.3 is 0 Å². The van der Waals surface area contributed by atoms with Crippen molar-refractivity contribution < 1.29 is 14.7 Å². The lowest BCUT2D eigenvalue weighted by atomic mass is 9.94. The molecule has 0 aromatic heterocycles. The van der Waals surface area contributed by atoms with Crippen LogP contribution in [0.25, 0.3) is 5.76 Å². The van der Waals surface area contributed by atoms with E-state index in [0.717, 1.165) is 26.7 Å². The minimum atomic E-state index is -0.716. The first-order chi connectivity index (χ1) is 14.8. The molecule has 3 aromatic carbocycles. The number of carbonyl (C=O) groups excluding carboxylic acids is 2. The highest BCUT2D eigenvalue weighted by atomic mass is 79.9. The van der Waals surface area contributed by atoms with Gasteiger partial charge in [0.05, 0.1) is 11.6 Å². The zero-order valence-corrected chi connectivity index (χ0v) is 19.1. The summed E-state index contributed by atoms with van der Waals surface area (Å²) in [5.74, 6) is -1.51. The minimum Gasteiger partial charge on any atom is -0.507 e. The molecule has 4 nitrogen and oxygen atoms in total. The van der Waals surface area contributed by atoms with E-state index < -0.39 is 17.7 Å². The first-order valence-electron chi connectivity index (χ1n) is 9.98. The summed E-state index contributed by atoms with van der Waals surface area (Å²) in [7, 11) is 0. The summed E-state index contributed by atoms with van der Waals surface area (Å²) >= 11 is 3.46. The average Bonchev–Trinajstić information content (AvgIpc) is 3.01. The molecule has 1 atom stereocenters. The van der Waals surface area contributed by atoms with Crippen LogP contribution < -0.4 is 4.90 Å². The van der Waals surface area contributed by atoms with Gasteiger partial charge in [-0.2, -0.15) is 0 Å². The first kappa shape index (κ1) is 21.1. The van der Waals surface area contributed by atoms with Gasteiger partial charge in [-0.25, -0.2) is 0 Å². The Morgan fingerprint density at radius 2 is 1.61 bits per heavy atom. The summed E-state index contributed by atoms with van der Waals surface area (Å²) < 4.78 is 0.902. The number of nitrogens with zero attached hydrogens (tertiary/aromatic N) is 1. The van der Waals surface area contributed by atoms with Crippen LogP contribution in [0, 0.1) is 20.8 Å². The van der Waals surface area contributed by atoms with E-state index in [0.29, 0.717) is 11.3 Å². The zero-order chi connectivity index (χ0) is 22.3. The van der Waals surface area contributed by atoms with E-state index in [1.807, 2.05) is 75.4 Å². The van der Waals surface area contributed by atoms with Crippen molar-refractivity contribution in [3.05, 3.63) is 105 Å². The topological polar surface area (TPSA) is 57.6 Å². The number of carbonyl (C=O) groups is 2. The monoisotopic (exact) mass is 475 g/mol. The van der Waals surface area contributed by atoms with Crippen molar-refractivity contribution in [2.24, 2.45) is 0 Å². The van der Waals surface area contributed by atoms with Crippen molar-refractivity contribution in [3.63, 3.8) is 0 Å². The highest BCUT2D eigenvalue weighted by molar-refractivity contribution is 9.10. The highest BCUT2D eigenvalue weighted by Crippen LogP contribution is 2.42. The summed E-state index contributed by atoms with van der Waals surface area (Å²) in [5, 5.41) is 11.2. The molecule has 156 valence electrons. The SMILES string of the molecule is Cc1ccc(N2C(=O)C(=O)/C(=C(\O)c3ccc(Br)c(C)c3)C2c2cccc(C)c2)cc1. The highest BCUT2D eigenvalue weighted by Gasteiger charge is 2.46. The Kier molecular flexibility index (Phi) is 5.54. The van der Waals surface area contributed by atoms with E-state index in [2.05, 4.69) is 15.9 Å². The Labute approximate surface area is 190 Å². The number of aliphatic hydroxyl groups is 1. The lowest BCUT2D eigenvalue weighted by Gasteiger charge is -2.26. The van der Waals surface area contributed by atoms with Crippen molar-refractivity contribution in [2.45, 2.75) is 26.8 Å². The Balaban J connectivity index is 1.96. The average molecular weight is 476 g/mol. The van der Waals surface area contributed by atoms with Gasteiger partial charge in [0.1, 0.15) is 5.76 Å². The number of halogens is 1. The maximum absolute atomic E-state index is 13.2. The molecular weight excluding hydrogens is 454 g/mol. The standard InChI is InChI=1S/C26H22BrNO3/c1-15-7-10-20(11-8-15)28-23(18-6-4-5-16(2)13-18)22(25(30)26(28)31)24(29)19-9-12-21(27)17(3)14-19/h4-14,23,29H,1-3H3/b24-22-. The maximum atomic E-state index is 13.2. The molecule has 1 amide bonds. The number of anilines is 1. The molecule has 0 radical (unpaired) electrons. The number of aliphatic hydroxyl groups excluding tert-OH is 1. The van der Waals surface area contributed by atoms with Gasteiger partial charge in [0.2, 0.25) is 0 Å². The van der Waals surface area contributed by atoms with Gasteiger partial charge in [0, 0.05) is 15.7 Å². The molecule has 1 saturated heterocycles. The molecule has 1 unspecified atom stereocenters. The molecule has 5 heteroatoms. The number of aryl methyl sites for hydroxylation is 3. The molecule has 1 aliphatic heterocycles. The van der Waals surface area contributed by atoms with Crippen LogP contribution >= 0.6 is 15.9 Å². The van der Waals surface area contributed by atoms with Gasteiger partial charge in [-0.05, 0) is 56.2 Å². The molecular formula is C26H22BrNO3. The summed E-state index contributed by atoms with van der Waals surface area (Å²) in [6.07, 6.45) is 0. The van der Waals surface area contributed by atoms with Crippen molar-refractivity contribution >= 4 is 39.1 Å². The first-order valence-corrected chi connectivity index (χ1v) is 10.8. The van der Waals surface area contributed by atoms with Gasteiger partial charge < -0.3 is 5.11 Å². The Morgan fingerprint density at radius 1 is 0.903 bits per heavy atom. The molecule has 3 aromatic rings. The van der Waals surface area contributed by atoms with Crippen molar-refractivity contribution in [2.75, 3.05) is 4.90 Å². The Morgan fingerprint density at radius 3 is 2.26 bits per heavy atom. The fourth-order valence-electron chi connectivity index (χ4n) is 3.91. The number of Topliss-reactive ketones (excluding diaryl/α,β-unsaturated/α-hetero) is 1. The van der Waals surface area contributed by atoms with Crippen LogP contribution in [0.1, 0.15) is 33.9 Å². The summed E-state index contributed by atoms with van der Waals surface area (Å²) in [6.45, 7) is 5.83. The molecule has 4 rings (SSSR count). The van der Waals surface area contributed by atoms with Crippen LogP contribution in [-0.4, -0.2) is 16.8 Å². The molecule has 1 fully saturated rings. The predicted octanol–water partition coefficient (Wildman–Crippen LogP) is 6.00. The molecule has 0 aliphatic carbocycles. The van der Waals surface area contributed by atoms with Crippen LogP contribution in [0.3, 0.4) is 0 Å². The Hall–Kier alpha value is -3.18. The molecule has 1 heterocycles. The third kappa shape index (κ3) is 3.81. The number of amides is 1. The smallest absolute Gasteiger partial charge is 0.300 e. The van der Waals surface area contributed by atoms with E-state index in [1.54, 1.807) is 12.1 Å². The molecule has 0 bridgehead atoms. The van der Waals surface area contributed by atoms with Crippen LogP contribution in [0.15, 0.2) is 76.8 Å². The third-order valence-electron chi connectivity index (χ3n) is 5.55. The zero-order valence-electron chi connectivity index (χ0n) is 17.5. The van der Waals surface area contributed by atoms with E-state index in [-0.39, 0.29) is 11.3 Å². The van der Waals surface area contributed by atoms with Crippen molar-refractivity contribution in [1.82, 2.24) is 0 Å². The van der Waals surface area contributed by atoms with Gasteiger partial charge in [-0.3, -0.25) is 14.5 Å². The van der Waals surface area contributed by atoms with Crippen molar-refractivity contribution in [3.8, 4) is 0 Å². The molecule has 1 aliphatic rings. The molecule has 1 N–H and O–H groups in total. The van der Waals surface area contributed by atoms with E-state index in [1.165, 1.54) is 4.90 Å². The Bertz CT molecular complexity index is 1230. The van der Waals surface area contributed by atoms with E-state index in [4.69, 9.17) is 0 Å². The predicted molar refractivity (Wildman–Crippen MR) is 126 cm³/mol. The number of rotatable bonds is 3. The number of benzene rings is 3. The summed E-state index contributed by atoms with van der Waals surface area (Å²) in [5.41, 5.74) is 4.96. The minimum absolute atomic E-state index is 0.0953. The number of hydrogen-bond donors (Lipinski definition) is 1.